The van der Waals surface area contributed by atoms with Crippen molar-refractivity contribution in [1.82, 2.24) is 5.32 Å². The highest BCUT2D eigenvalue weighted by molar-refractivity contribution is 4.73. The van der Waals surface area contributed by atoms with Gasteiger partial charge in [-0.05, 0) is 31.7 Å². The highest BCUT2D eigenvalue weighted by atomic mass is 14.9. The molecule has 0 radical (unpaired) electrons. The van der Waals surface area contributed by atoms with Crippen LogP contribution in [0.25, 0.3) is 0 Å². The van der Waals surface area contributed by atoms with Gasteiger partial charge >= 0.3 is 0 Å². The first kappa shape index (κ1) is 11.4. The fraction of sp³-hybridized carbons (Fsp3) is 1.00. The van der Waals surface area contributed by atoms with Gasteiger partial charge in [0.15, 0.2) is 0 Å². The number of rotatable bonds is 4. The Morgan fingerprint density at radius 1 is 0.733 bits per heavy atom. The second-order valence-electron chi connectivity index (χ2n) is 5.58. The summed E-state index contributed by atoms with van der Waals surface area (Å²) in [6.07, 6.45) is 16.2. The number of nitrogens with one attached hydrogen (secondary N) is 1. The predicted octanol–water partition coefficient (Wildman–Crippen LogP) is 3.88. The average Bonchev–Trinajstić information content (AvgIpc) is 2.11. The summed E-state index contributed by atoms with van der Waals surface area (Å²) in [7, 11) is 0. The van der Waals surface area contributed by atoms with Gasteiger partial charge in [-0.1, -0.05) is 51.4 Å². The van der Waals surface area contributed by atoms with Gasteiger partial charge in [-0.25, -0.2) is 0 Å². The Morgan fingerprint density at radius 2 is 1.40 bits per heavy atom. The van der Waals surface area contributed by atoms with Crippen molar-refractivity contribution >= 4 is 0 Å². The Hall–Kier alpha value is -0.0400. The van der Waals surface area contributed by atoms with E-state index in [1.807, 2.05) is 0 Å². The van der Waals surface area contributed by atoms with Gasteiger partial charge in [-0.2, -0.15) is 0 Å². The van der Waals surface area contributed by atoms with E-state index in [1.165, 1.54) is 77.2 Å². The summed E-state index contributed by atoms with van der Waals surface area (Å²) in [5, 5.41) is 3.79. The maximum Gasteiger partial charge on any atom is 0.00670 e. The third-order valence-electron chi connectivity index (χ3n) is 4.32. The SMILES string of the molecule is C1CCCC(NCCC2CCC2)CCC1. The molecule has 0 aromatic heterocycles. The van der Waals surface area contributed by atoms with Crippen LogP contribution in [0.1, 0.15) is 70.6 Å². The molecule has 0 bridgehead atoms. The van der Waals surface area contributed by atoms with E-state index in [2.05, 4.69) is 5.32 Å². The average molecular weight is 209 g/mol. The lowest BCUT2D eigenvalue weighted by Crippen LogP contribution is -2.32. The fourth-order valence-electron chi connectivity index (χ4n) is 2.93. The maximum atomic E-state index is 3.79. The van der Waals surface area contributed by atoms with Crippen molar-refractivity contribution in [3.05, 3.63) is 0 Å². The van der Waals surface area contributed by atoms with E-state index in [0.29, 0.717) is 0 Å². The van der Waals surface area contributed by atoms with E-state index >= 15 is 0 Å². The van der Waals surface area contributed by atoms with Gasteiger partial charge in [0.05, 0.1) is 0 Å². The molecule has 0 unspecified atom stereocenters. The Balaban J connectivity index is 1.54. The first-order valence-corrected chi connectivity index (χ1v) is 7.18. The van der Waals surface area contributed by atoms with Crippen molar-refractivity contribution in [2.75, 3.05) is 6.54 Å². The summed E-state index contributed by atoms with van der Waals surface area (Å²) in [5.74, 6) is 1.08. The molecule has 15 heavy (non-hydrogen) atoms. The minimum Gasteiger partial charge on any atom is -0.314 e. The molecule has 0 heterocycles. The molecule has 0 aromatic rings. The molecular weight excluding hydrogens is 182 g/mol. The predicted molar refractivity (Wildman–Crippen MR) is 66.1 cm³/mol. The molecule has 1 N–H and O–H groups in total. The summed E-state index contributed by atoms with van der Waals surface area (Å²) < 4.78 is 0. The van der Waals surface area contributed by atoms with Crippen LogP contribution in [-0.4, -0.2) is 12.6 Å². The molecule has 0 atom stereocenters. The Labute approximate surface area is 95.0 Å². The summed E-state index contributed by atoms with van der Waals surface area (Å²) in [5.41, 5.74) is 0. The quantitative estimate of drug-likeness (QED) is 0.741. The van der Waals surface area contributed by atoms with Gasteiger partial charge in [-0.15, -0.1) is 0 Å². The number of hydrogen-bond acceptors (Lipinski definition) is 1. The smallest absolute Gasteiger partial charge is 0.00670 e. The third-order valence-corrected chi connectivity index (χ3v) is 4.32. The van der Waals surface area contributed by atoms with E-state index in [0.717, 1.165) is 12.0 Å². The van der Waals surface area contributed by atoms with Crippen LogP contribution < -0.4 is 5.32 Å². The minimum absolute atomic E-state index is 0.852. The maximum absolute atomic E-state index is 3.79. The topological polar surface area (TPSA) is 12.0 Å². The molecule has 2 saturated carbocycles. The van der Waals surface area contributed by atoms with Crippen molar-refractivity contribution in [2.24, 2.45) is 5.92 Å². The normalized spacial score (nSPS) is 25.6. The van der Waals surface area contributed by atoms with Gasteiger partial charge in [0.2, 0.25) is 0 Å². The Bertz CT molecular complexity index is 155. The third kappa shape index (κ3) is 4.14. The fourth-order valence-corrected chi connectivity index (χ4v) is 2.93. The van der Waals surface area contributed by atoms with E-state index in [-0.39, 0.29) is 0 Å². The van der Waals surface area contributed by atoms with Crippen molar-refractivity contribution in [1.29, 1.82) is 0 Å². The summed E-state index contributed by atoms with van der Waals surface area (Å²) in [6.45, 7) is 1.29. The highest BCUT2D eigenvalue weighted by Gasteiger charge is 2.17. The van der Waals surface area contributed by atoms with E-state index in [1.54, 1.807) is 0 Å². The number of hydrogen-bond donors (Lipinski definition) is 1. The molecule has 0 amide bonds. The van der Waals surface area contributed by atoms with Crippen LogP contribution in [0, 0.1) is 5.92 Å². The standard InChI is InChI=1S/C14H27N/c1-2-4-9-14(10-5-3-1)15-12-11-13-7-6-8-13/h13-15H,1-12H2. The monoisotopic (exact) mass is 209 g/mol. The van der Waals surface area contributed by atoms with Crippen molar-refractivity contribution in [2.45, 2.75) is 76.7 Å². The highest BCUT2D eigenvalue weighted by Crippen LogP contribution is 2.28. The van der Waals surface area contributed by atoms with Crippen molar-refractivity contribution < 1.29 is 0 Å². The lowest BCUT2D eigenvalue weighted by Gasteiger charge is -2.27. The van der Waals surface area contributed by atoms with Gasteiger partial charge in [-0.3, -0.25) is 0 Å². The molecule has 0 aliphatic heterocycles. The van der Waals surface area contributed by atoms with Crippen LogP contribution >= 0.6 is 0 Å². The molecule has 2 aliphatic rings. The van der Waals surface area contributed by atoms with Crippen molar-refractivity contribution in [3.63, 3.8) is 0 Å². The van der Waals surface area contributed by atoms with Crippen LogP contribution in [0.4, 0.5) is 0 Å². The molecule has 2 aliphatic carbocycles. The Kier molecular flexibility index (Phi) is 4.98. The first-order chi connectivity index (χ1) is 7.45. The van der Waals surface area contributed by atoms with Crippen LogP contribution in [0.5, 0.6) is 0 Å². The zero-order valence-corrected chi connectivity index (χ0v) is 10.1. The zero-order valence-electron chi connectivity index (χ0n) is 10.1. The summed E-state index contributed by atoms with van der Waals surface area (Å²) >= 11 is 0. The van der Waals surface area contributed by atoms with Gasteiger partial charge in [0, 0.05) is 6.04 Å². The van der Waals surface area contributed by atoms with E-state index in [9.17, 15) is 0 Å². The van der Waals surface area contributed by atoms with Gasteiger partial charge in [0.25, 0.3) is 0 Å². The Morgan fingerprint density at radius 3 is 2.00 bits per heavy atom. The van der Waals surface area contributed by atoms with Crippen LogP contribution in [0.2, 0.25) is 0 Å². The van der Waals surface area contributed by atoms with Crippen LogP contribution in [0.15, 0.2) is 0 Å². The molecule has 0 saturated heterocycles. The molecule has 2 fully saturated rings. The van der Waals surface area contributed by atoms with Crippen LogP contribution in [0.3, 0.4) is 0 Å². The second kappa shape index (κ2) is 6.52. The first-order valence-electron chi connectivity index (χ1n) is 7.18. The second-order valence-corrected chi connectivity index (χ2v) is 5.58. The lowest BCUT2D eigenvalue weighted by atomic mass is 9.83. The molecule has 1 heteroatoms. The molecule has 0 spiro atoms. The van der Waals surface area contributed by atoms with E-state index < -0.39 is 0 Å². The van der Waals surface area contributed by atoms with Gasteiger partial charge < -0.3 is 5.32 Å². The molecular formula is C14H27N. The molecule has 1 nitrogen and oxygen atoms in total. The lowest BCUT2D eigenvalue weighted by molar-refractivity contribution is 0.281. The zero-order chi connectivity index (χ0) is 10.3. The largest absolute Gasteiger partial charge is 0.314 e. The minimum atomic E-state index is 0.852. The summed E-state index contributed by atoms with van der Waals surface area (Å²) in [6, 6.07) is 0.852. The molecule has 2 rings (SSSR count). The summed E-state index contributed by atoms with van der Waals surface area (Å²) in [4.78, 5) is 0. The molecule has 0 aromatic carbocycles. The molecule has 88 valence electrons. The van der Waals surface area contributed by atoms with Crippen LogP contribution in [-0.2, 0) is 0 Å². The van der Waals surface area contributed by atoms with E-state index in [4.69, 9.17) is 0 Å². The van der Waals surface area contributed by atoms with Gasteiger partial charge in [0.1, 0.15) is 0 Å². The van der Waals surface area contributed by atoms with Crippen molar-refractivity contribution in [3.8, 4) is 0 Å².